The molecule has 5 rings (SSSR count). The maximum atomic E-state index is 13.0. The Labute approximate surface area is 184 Å². The summed E-state index contributed by atoms with van der Waals surface area (Å²) in [5.74, 6) is -3.86. The molecule has 2 saturated carbocycles. The zero-order valence-corrected chi connectivity index (χ0v) is 17.8. The van der Waals surface area contributed by atoms with E-state index >= 15 is 0 Å². The number of esters is 3. The van der Waals surface area contributed by atoms with Gasteiger partial charge in [0, 0.05) is 24.3 Å². The third-order valence-corrected chi connectivity index (χ3v) is 8.26. The lowest BCUT2D eigenvalue weighted by molar-refractivity contribution is -0.322. The zero-order chi connectivity index (χ0) is 22.9. The standard InChI is InChI=1S/C24H24O8/c1-13-16(25)10-24(29)22(13)11-17(14(2)23(24)12-30-21(23)28)31-20(27)19(22)32-18(26)9-8-15-6-4-3-5-7-15/h3-9,13-14,17,19,29H,10-12H2,1-2H3/b9-8-/t13-,14-,17-,19+,22+,23-,24-/m0/s1. The Hall–Kier alpha value is -3.00. The van der Waals surface area contributed by atoms with E-state index in [0.717, 1.165) is 5.56 Å². The molecule has 0 amide bonds. The van der Waals surface area contributed by atoms with Crippen LogP contribution in [-0.4, -0.2) is 53.2 Å². The summed E-state index contributed by atoms with van der Waals surface area (Å²) in [6.07, 6.45) is 0.333. The number of benzene rings is 1. The summed E-state index contributed by atoms with van der Waals surface area (Å²) in [7, 11) is 0. The van der Waals surface area contributed by atoms with Gasteiger partial charge in [0.2, 0.25) is 6.10 Å². The molecule has 168 valence electrons. The molecule has 8 heteroatoms. The van der Waals surface area contributed by atoms with Crippen molar-refractivity contribution in [2.75, 3.05) is 6.61 Å². The van der Waals surface area contributed by atoms with Crippen LogP contribution in [-0.2, 0) is 33.4 Å². The van der Waals surface area contributed by atoms with Crippen LogP contribution in [0.15, 0.2) is 36.4 Å². The van der Waals surface area contributed by atoms with Gasteiger partial charge in [-0.3, -0.25) is 9.59 Å². The second-order valence-corrected chi connectivity index (χ2v) is 9.34. The van der Waals surface area contributed by atoms with E-state index < -0.39 is 58.4 Å². The highest BCUT2D eigenvalue weighted by molar-refractivity contribution is 5.96. The maximum Gasteiger partial charge on any atom is 0.348 e. The van der Waals surface area contributed by atoms with Crippen molar-refractivity contribution in [2.45, 2.75) is 44.5 Å². The molecule has 4 aliphatic rings. The summed E-state index contributed by atoms with van der Waals surface area (Å²) >= 11 is 0. The van der Waals surface area contributed by atoms with Crippen molar-refractivity contribution in [1.29, 1.82) is 0 Å². The Morgan fingerprint density at radius 3 is 2.53 bits per heavy atom. The molecule has 2 aliphatic heterocycles. The molecule has 7 atom stereocenters. The van der Waals surface area contributed by atoms with Crippen molar-refractivity contribution in [1.82, 2.24) is 0 Å². The van der Waals surface area contributed by atoms with Crippen molar-refractivity contribution in [3.05, 3.63) is 42.0 Å². The van der Waals surface area contributed by atoms with E-state index in [1.807, 2.05) is 18.2 Å². The Morgan fingerprint density at radius 2 is 1.91 bits per heavy atom. The summed E-state index contributed by atoms with van der Waals surface area (Å²) in [4.78, 5) is 51.3. The first-order valence-corrected chi connectivity index (χ1v) is 10.7. The van der Waals surface area contributed by atoms with Crippen LogP contribution in [0.3, 0.4) is 0 Å². The van der Waals surface area contributed by atoms with Crippen LogP contribution < -0.4 is 0 Å². The second-order valence-electron chi connectivity index (χ2n) is 9.34. The fraction of sp³-hybridized carbons (Fsp3) is 0.500. The monoisotopic (exact) mass is 440 g/mol. The van der Waals surface area contributed by atoms with E-state index in [-0.39, 0.29) is 25.2 Å². The summed E-state index contributed by atoms with van der Waals surface area (Å²) in [5.41, 5.74) is -3.97. The van der Waals surface area contributed by atoms with Crippen molar-refractivity contribution >= 4 is 29.8 Å². The van der Waals surface area contributed by atoms with E-state index in [1.165, 1.54) is 6.08 Å². The first-order valence-electron chi connectivity index (χ1n) is 10.7. The molecule has 8 nitrogen and oxygen atoms in total. The predicted molar refractivity (Wildman–Crippen MR) is 109 cm³/mol. The molecule has 0 radical (unpaired) electrons. The first-order chi connectivity index (χ1) is 15.2. The molecule has 2 aliphatic carbocycles. The highest BCUT2D eigenvalue weighted by atomic mass is 16.6. The average molecular weight is 440 g/mol. The Kier molecular flexibility index (Phi) is 4.40. The fourth-order valence-corrected chi connectivity index (χ4v) is 6.38. The van der Waals surface area contributed by atoms with Gasteiger partial charge in [-0.25, -0.2) is 9.59 Å². The lowest BCUT2D eigenvalue weighted by Gasteiger charge is -2.66. The molecule has 2 bridgehead atoms. The topological polar surface area (TPSA) is 116 Å². The number of carbonyl (C=O) groups is 4. The van der Waals surface area contributed by atoms with Crippen LogP contribution in [0.25, 0.3) is 6.08 Å². The van der Waals surface area contributed by atoms with Gasteiger partial charge in [-0.05, 0) is 18.1 Å². The molecular formula is C24H24O8. The lowest BCUT2D eigenvalue weighted by atomic mass is 9.43. The van der Waals surface area contributed by atoms with Crippen LogP contribution in [0, 0.1) is 22.7 Å². The minimum atomic E-state index is -1.88. The van der Waals surface area contributed by atoms with Crippen LogP contribution in [0.1, 0.15) is 32.3 Å². The number of ether oxygens (including phenoxy) is 3. The predicted octanol–water partition coefficient (Wildman–Crippen LogP) is 1.45. The minimum absolute atomic E-state index is 0.0755. The molecule has 0 aromatic heterocycles. The Bertz CT molecular complexity index is 1050. The van der Waals surface area contributed by atoms with Gasteiger partial charge in [-0.15, -0.1) is 0 Å². The van der Waals surface area contributed by atoms with Gasteiger partial charge in [-0.2, -0.15) is 0 Å². The SMILES string of the molecule is C[C@H]1C(=O)C[C@]2(O)[C@]13C[C@H](OC(=O)[C@H]3OC(=O)/C=C\c1ccccc1)[C@H](C)[C@]21COC1=O. The smallest absolute Gasteiger partial charge is 0.348 e. The number of Topliss-reactive ketones (excluding diaryl/α,β-unsaturated/α-hetero) is 1. The van der Waals surface area contributed by atoms with Gasteiger partial charge in [0.15, 0.2) is 0 Å². The molecule has 0 unspecified atom stereocenters. The van der Waals surface area contributed by atoms with Crippen LogP contribution >= 0.6 is 0 Å². The quantitative estimate of drug-likeness (QED) is 0.427. The highest BCUT2D eigenvalue weighted by Gasteiger charge is 2.85. The third kappa shape index (κ3) is 2.36. The number of ketones is 1. The van der Waals surface area contributed by atoms with E-state index in [2.05, 4.69) is 0 Å². The molecule has 32 heavy (non-hydrogen) atoms. The number of carbonyl (C=O) groups excluding carboxylic acids is 4. The normalized spacial score (nSPS) is 42.3. The van der Waals surface area contributed by atoms with Crippen LogP contribution in [0.5, 0.6) is 0 Å². The van der Waals surface area contributed by atoms with E-state index in [0.29, 0.717) is 0 Å². The van der Waals surface area contributed by atoms with Gasteiger partial charge in [-0.1, -0.05) is 44.2 Å². The molecular weight excluding hydrogens is 416 g/mol. The van der Waals surface area contributed by atoms with Gasteiger partial charge in [0.1, 0.15) is 29.5 Å². The average Bonchev–Trinajstić information content (AvgIpc) is 2.95. The van der Waals surface area contributed by atoms with E-state index in [4.69, 9.17) is 14.2 Å². The number of cyclic esters (lactones) is 1. The van der Waals surface area contributed by atoms with Crippen LogP contribution in [0.4, 0.5) is 0 Å². The number of fused-ring (bicyclic) bond motifs is 2. The van der Waals surface area contributed by atoms with Crippen molar-refractivity contribution in [3.63, 3.8) is 0 Å². The Balaban J connectivity index is 1.55. The summed E-state index contributed by atoms with van der Waals surface area (Å²) in [5, 5.41) is 12.0. The molecule has 1 aromatic rings. The minimum Gasteiger partial charge on any atom is -0.464 e. The highest BCUT2D eigenvalue weighted by Crippen LogP contribution is 2.70. The molecule has 1 aromatic carbocycles. The van der Waals surface area contributed by atoms with Crippen molar-refractivity contribution in [2.24, 2.45) is 22.7 Å². The van der Waals surface area contributed by atoms with Gasteiger partial charge in [0.05, 0.1) is 5.41 Å². The number of hydrogen-bond donors (Lipinski definition) is 1. The number of aliphatic hydroxyl groups is 1. The summed E-state index contributed by atoms with van der Waals surface area (Å²) in [6, 6.07) is 9.07. The summed E-state index contributed by atoms with van der Waals surface area (Å²) in [6.45, 7) is 3.26. The van der Waals surface area contributed by atoms with Gasteiger partial charge < -0.3 is 19.3 Å². The molecule has 2 saturated heterocycles. The van der Waals surface area contributed by atoms with Crippen molar-refractivity contribution < 1.29 is 38.5 Å². The second kappa shape index (κ2) is 6.75. The molecule has 4 fully saturated rings. The largest absolute Gasteiger partial charge is 0.464 e. The van der Waals surface area contributed by atoms with Gasteiger partial charge in [0.25, 0.3) is 0 Å². The molecule has 2 heterocycles. The fourth-order valence-electron chi connectivity index (χ4n) is 6.38. The van der Waals surface area contributed by atoms with E-state index in [1.54, 1.807) is 32.1 Å². The van der Waals surface area contributed by atoms with Gasteiger partial charge >= 0.3 is 17.9 Å². The number of hydrogen-bond acceptors (Lipinski definition) is 8. The molecule has 1 N–H and O–H groups in total. The maximum absolute atomic E-state index is 13.0. The van der Waals surface area contributed by atoms with E-state index in [9.17, 15) is 24.3 Å². The lowest BCUT2D eigenvalue weighted by Crippen LogP contribution is -2.80. The third-order valence-electron chi connectivity index (χ3n) is 8.26. The molecule has 2 spiro atoms. The van der Waals surface area contributed by atoms with Crippen LogP contribution in [0.2, 0.25) is 0 Å². The zero-order valence-electron chi connectivity index (χ0n) is 17.8. The number of rotatable bonds is 3. The first kappa shape index (κ1) is 20.9. The Morgan fingerprint density at radius 1 is 1.19 bits per heavy atom. The van der Waals surface area contributed by atoms with Crippen molar-refractivity contribution in [3.8, 4) is 0 Å². The summed E-state index contributed by atoms with van der Waals surface area (Å²) < 4.78 is 16.2.